The molecule has 2 aromatic rings. The average Bonchev–Trinajstić information content (AvgIpc) is 3.04. The van der Waals surface area contributed by atoms with Crippen molar-refractivity contribution in [3.8, 4) is 5.75 Å². The summed E-state index contributed by atoms with van der Waals surface area (Å²) in [6.07, 6.45) is 5.91. The number of hydrogen-bond acceptors (Lipinski definition) is 3. The highest BCUT2D eigenvalue weighted by molar-refractivity contribution is 5.45. The van der Waals surface area contributed by atoms with Crippen LogP contribution in [0.5, 0.6) is 5.75 Å². The predicted molar refractivity (Wildman–Crippen MR) is 78.7 cm³/mol. The standard InChI is InChI=1S/C16H21N3O/c1-3-18-15-8-7-14-13(15)5-4-6-16(14)20-10-12-9-17-11-19(12)2/h4-6,9,11,15,18H,3,7-8,10H2,1-2H3. The monoisotopic (exact) mass is 271 g/mol. The molecular weight excluding hydrogens is 250 g/mol. The summed E-state index contributed by atoms with van der Waals surface area (Å²) >= 11 is 0. The van der Waals surface area contributed by atoms with Crippen molar-refractivity contribution in [2.45, 2.75) is 32.4 Å². The van der Waals surface area contributed by atoms with Crippen molar-refractivity contribution < 1.29 is 4.74 Å². The van der Waals surface area contributed by atoms with Crippen LogP contribution in [0.15, 0.2) is 30.7 Å². The Labute approximate surface area is 119 Å². The van der Waals surface area contributed by atoms with Gasteiger partial charge in [0.15, 0.2) is 0 Å². The van der Waals surface area contributed by atoms with Crippen molar-refractivity contribution in [2.75, 3.05) is 6.54 Å². The normalized spacial score (nSPS) is 17.2. The molecule has 1 aromatic heterocycles. The van der Waals surface area contributed by atoms with Crippen molar-refractivity contribution in [3.63, 3.8) is 0 Å². The van der Waals surface area contributed by atoms with Crippen LogP contribution in [0.4, 0.5) is 0 Å². The summed E-state index contributed by atoms with van der Waals surface area (Å²) < 4.78 is 8.00. The fourth-order valence-corrected chi connectivity index (χ4v) is 2.89. The van der Waals surface area contributed by atoms with E-state index in [1.807, 2.05) is 17.8 Å². The first-order valence-corrected chi connectivity index (χ1v) is 7.22. The molecule has 0 radical (unpaired) electrons. The molecule has 0 saturated heterocycles. The van der Waals surface area contributed by atoms with Crippen molar-refractivity contribution in [1.29, 1.82) is 0 Å². The maximum atomic E-state index is 6.01. The van der Waals surface area contributed by atoms with Gasteiger partial charge < -0.3 is 14.6 Å². The molecule has 0 bridgehead atoms. The number of nitrogens with one attached hydrogen (secondary N) is 1. The van der Waals surface area contributed by atoms with E-state index >= 15 is 0 Å². The van der Waals surface area contributed by atoms with E-state index in [0.717, 1.165) is 30.8 Å². The van der Waals surface area contributed by atoms with Gasteiger partial charge in [0.2, 0.25) is 0 Å². The summed E-state index contributed by atoms with van der Waals surface area (Å²) in [5.74, 6) is 1.02. The number of fused-ring (bicyclic) bond motifs is 1. The molecule has 0 amide bonds. The van der Waals surface area contributed by atoms with E-state index in [4.69, 9.17) is 4.74 Å². The quantitative estimate of drug-likeness (QED) is 0.908. The summed E-state index contributed by atoms with van der Waals surface area (Å²) in [4.78, 5) is 4.12. The van der Waals surface area contributed by atoms with Crippen LogP contribution < -0.4 is 10.1 Å². The van der Waals surface area contributed by atoms with Gasteiger partial charge in [-0.25, -0.2) is 4.98 Å². The fraction of sp³-hybridized carbons (Fsp3) is 0.438. The lowest BCUT2D eigenvalue weighted by molar-refractivity contribution is 0.294. The Kier molecular flexibility index (Phi) is 3.74. The van der Waals surface area contributed by atoms with Gasteiger partial charge in [0.25, 0.3) is 0 Å². The number of aromatic nitrogens is 2. The lowest BCUT2D eigenvalue weighted by atomic mass is 10.1. The molecule has 0 spiro atoms. The molecule has 1 heterocycles. The van der Waals surface area contributed by atoms with Gasteiger partial charge in [-0.1, -0.05) is 19.1 Å². The molecule has 1 aromatic carbocycles. The van der Waals surface area contributed by atoms with Gasteiger partial charge >= 0.3 is 0 Å². The molecule has 1 atom stereocenters. The third kappa shape index (κ3) is 2.43. The van der Waals surface area contributed by atoms with Crippen LogP contribution in [-0.2, 0) is 20.1 Å². The number of hydrogen-bond donors (Lipinski definition) is 1. The Morgan fingerprint density at radius 1 is 1.45 bits per heavy atom. The van der Waals surface area contributed by atoms with Gasteiger partial charge in [0.05, 0.1) is 18.2 Å². The van der Waals surface area contributed by atoms with E-state index in [1.54, 1.807) is 6.33 Å². The van der Waals surface area contributed by atoms with Gasteiger partial charge in [-0.05, 0) is 36.6 Å². The minimum Gasteiger partial charge on any atom is -0.487 e. The highest BCUT2D eigenvalue weighted by atomic mass is 16.5. The van der Waals surface area contributed by atoms with E-state index in [2.05, 4.69) is 35.4 Å². The zero-order valence-electron chi connectivity index (χ0n) is 12.1. The van der Waals surface area contributed by atoms with E-state index in [9.17, 15) is 0 Å². The second kappa shape index (κ2) is 5.67. The molecular formula is C16H21N3O. The molecule has 4 heteroatoms. The molecule has 0 aliphatic heterocycles. The van der Waals surface area contributed by atoms with Gasteiger partial charge in [-0.15, -0.1) is 0 Å². The van der Waals surface area contributed by atoms with Crippen molar-refractivity contribution >= 4 is 0 Å². The number of nitrogens with zero attached hydrogens (tertiary/aromatic N) is 2. The minimum atomic E-state index is 0.482. The molecule has 0 fully saturated rings. The first kappa shape index (κ1) is 13.2. The molecule has 1 aliphatic rings. The maximum absolute atomic E-state index is 6.01. The van der Waals surface area contributed by atoms with E-state index in [1.165, 1.54) is 11.1 Å². The second-order valence-electron chi connectivity index (χ2n) is 5.26. The van der Waals surface area contributed by atoms with Gasteiger partial charge in [-0.2, -0.15) is 0 Å². The van der Waals surface area contributed by atoms with E-state index in [0.29, 0.717) is 12.6 Å². The van der Waals surface area contributed by atoms with Crippen LogP contribution in [0.2, 0.25) is 0 Å². The molecule has 0 saturated carbocycles. The van der Waals surface area contributed by atoms with Crippen molar-refractivity contribution in [1.82, 2.24) is 14.9 Å². The van der Waals surface area contributed by atoms with Crippen LogP contribution in [0.3, 0.4) is 0 Å². The van der Waals surface area contributed by atoms with Crippen molar-refractivity contribution in [2.24, 2.45) is 7.05 Å². The summed E-state index contributed by atoms with van der Waals surface area (Å²) in [5, 5.41) is 3.54. The molecule has 4 nitrogen and oxygen atoms in total. The first-order chi connectivity index (χ1) is 9.79. The summed E-state index contributed by atoms with van der Waals surface area (Å²) in [5.41, 5.74) is 3.85. The third-order valence-corrected chi connectivity index (χ3v) is 3.97. The number of rotatable bonds is 5. The Morgan fingerprint density at radius 3 is 3.10 bits per heavy atom. The SMILES string of the molecule is CCNC1CCc2c(OCc3cncn3C)cccc21. The Hall–Kier alpha value is -1.81. The maximum Gasteiger partial charge on any atom is 0.130 e. The van der Waals surface area contributed by atoms with Crippen LogP contribution in [0, 0.1) is 0 Å². The molecule has 1 aliphatic carbocycles. The van der Waals surface area contributed by atoms with E-state index < -0.39 is 0 Å². The number of imidazole rings is 1. The minimum absolute atomic E-state index is 0.482. The topological polar surface area (TPSA) is 39.1 Å². The first-order valence-electron chi connectivity index (χ1n) is 7.22. The predicted octanol–water partition coefficient (Wildman–Crippen LogP) is 2.60. The van der Waals surface area contributed by atoms with Crippen LogP contribution in [0.1, 0.15) is 36.2 Å². The average molecular weight is 271 g/mol. The van der Waals surface area contributed by atoms with Gasteiger partial charge in [-0.3, -0.25) is 0 Å². The lowest BCUT2D eigenvalue weighted by Gasteiger charge is -2.14. The zero-order chi connectivity index (χ0) is 13.9. The Morgan fingerprint density at radius 2 is 2.35 bits per heavy atom. The highest BCUT2D eigenvalue weighted by Gasteiger charge is 2.24. The lowest BCUT2D eigenvalue weighted by Crippen LogP contribution is -2.18. The van der Waals surface area contributed by atoms with Crippen LogP contribution in [0.25, 0.3) is 0 Å². The van der Waals surface area contributed by atoms with Crippen molar-refractivity contribution in [3.05, 3.63) is 47.5 Å². The third-order valence-electron chi connectivity index (χ3n) is 3.97. The summed E-state index contributed by atoms with van der Waals surface area (Å²) in [7, 11) is 1.99. The van der Waals surface area contributed by atoms with Crippen LogP contribution >= 0.6 is 0 Å². The molecule has 1 N–H and O–H groups in total. The number of benzene rings is 1. The second-order valence-corrected chi connectivity index (χ2v) is 5.26. The Bertz CT molecular complexity index is 591. The Balaban J connectivity index is 1.77. The fourth-order valence-electron chi connectivity index (χ4n) is 2.89. The largest absolute Gasteiger partial charge is 0.487 e. The molecule has 20 heavy (non-hydrogen) atoms. The van der Waals surface area contributed by atoms with Crippen LogP contribution in [-0.4, -0.2) is 16.1 Å². The molecule has 1 unspecified atom stereocenters. The zero-order valence-corrected chi connectivity index (χ0v) is 12.1. The highest BCUT2D eigenvalue weighted by Crippen LogP contribution is 2.37. The number of ether oxygens (including phenoxy) is 1. The van der Waals surface area contributed by atoms with Gasteiger partial charge in [0.1, 0.15) is 12.4 Å². The summed E-state index contributed by atoms with van der Waals surface area (Å²) in [6.45, 7) is 3.73. The summed E-state index contributed by atoms with van der Waals surface area (Å²) in [6, 6.07) is 6.86. The number of aryl methyl sites for hydroxylation is 1. The molecule has 106 valence electrons. The molecule has 3 rings (SSSR count). The van der Waals surface area contributed by atoms with Gasteiger partial charge in [0, 0.05) is 13.1 Å². The van der Waals surface area contributed by atoms with E-state index in [-0.39, 0.29) is 0 Å². The smallest absolute Gasteiger partial charge is 0.130 e.